The number of likely N-dealkylation sites (tertiary alicyclic amines) is 1. The lowest BCUT2D eigenvalue weighted by molar-refractivity contribution is 0.0947. The molecule has 1 atom stereocenters. The number of carbonyl (C=O) groups is 1. The number of benzene rings is 2. The molecule has 2 aromatic carbocycles. The fourth-order valence-corrected chi connectivity index (χ4v) is 4.13. The van der Waals surface area contributed by atoms with Crippen LogP contribution in [0, 0.1) is 19.8 Å². The average Bonchev–Trinajstić information content (AvgIpc) is 3.19. The zero-order valence-electron chi connectivity index (χ0n) is 17.8. The zero-order valence-corrected chi connectivity index (χ0v) is 17.8. The van der Waals surface area contributed by atoms with Gasteiger partial charge < -0.3 is 9.88 Å². The largest absolute Gasteiger partial charge is 0.352 e. The molecule has 0 aliphatic carbocycles. The van der Waals surface area contributed by atoms with Crippen LogP contribution in [0.15, 0.2) is 47.3 Å². The summed E-state index contributed by atoms with van der Waals surface area (Å²) in [6.45, 7) is 7.47. The summed E-state index contributed by atoms with van der Waals surface area (Å²) in [5.74, 6) is 0.364. The van der Waals surface area contributed by atoms with Gasteiger partial charge in [-0.2, -0.15) is 0 Å². The summed E-state index contributed by atoms with van der Waals surface area (Å²) < 4.78 is 1.57. The highest BCUT2D eigenvalue weighted by Crippen LogP contribution is 2.19. The highest BCUT2D eigenvalue weighted by molar-refractivity contribution is 5.97. The zero-order chi connectivity index (χ0) is 21.3. The minimum Gasteiger partial charge on any atom is -0.352 e. The number of nitrogens with one attached hydrogen (secondary N) is 1. The summed E-state index contributed by atoms with van der Waals surface area (Å²) >= 11 is 0. The molecular weight excluding hydrogens is 376 g/mol. The average molecular weight is 405 g/mol. The van der Waals surface area contributed by atoms with Crippen LogP contribution >= 0.6 is 0 Å². The van der Waals surface area contributed by atoms with Crippen molar-refractivity contribution in [2.45, 2.75) is 26.8 Å². The Hall–Kier alpha value is -2.99. The van der Waals surface area contributed by atoms with Crippen LogP contribution in [0.4, 0.5) is 0 Å². The van der Waals surface area contributed by atoms with Gasteiger partial charge in [-0.15, -0.1) is 0 Å². The minimum absolute atomic E-state index is 0.0952. The molecule has 30 heavy (non-hydrogen) atoms. The number of fused-ring (bicyclic) bond motifs is 1. The molecule has 1 aromatic heterocycles. The summed E-state index contributed by atoms with van der Waals surface area (Å²) in [5.41, 5.74) is 4.89. The van der Waals surface area contributed by atoms with Crippen LogP contribution in [0.5, 0.6) is 0 Å². The summed E-state index contributed by atoms with van der Waals surface area (Å²) in [6, 6.07) is 14.0. The number of carbonyl (C=O) groups excluding carboxylic acids is 1. The Morgan fingerprint density at radius 2 is 1.93 bits per heavy atom. The van der Waals surface area contributed by atoms with Crippen LogP contribution in [0.1, 0.15) is 33.6 Å². The Labute approximate surface area is 176 Å². The number of hydrogen-bond donors (Lipinski definition) is 1. The fourth-order valence-electron chi connectivity index (χ4n) is 4.13. The number of rotatable bonds is 5. The third-order valence-electron chi connectivity index (χ3n) is 5.95. The Kier molecular flexibility index (Phi) is 5.68. The maximum absolute atomic E-state index is 12.7. The van der Waals surface area contributed by atoms with E-state index in [0.717, 1.165) is 31.6 Å². The Balaban J connectivity index is 1.35. The molecular formula is C24H28N4O2. The SMILES string of the molecule is Cc1ccc(CN2CCC(CNC(=O)c3ccc4c(c3)nc(C)c(=O)n4C)C2)cc1. The second-order valence-electron chi connectivity index (χ2n) is 8.35. The first-order valence-corrected chi connectivity index (χ1v) is 10.4. The van der Waals surface area contributed by atoms with Crippen LogP contribution in [0.2, 0.25) is 0 Å². The highest BCUT2D eigenvalue weighted by atomic mass is 16.1. The Morgan fingerprint density at radius 3 is 2.70 bits per heavy atom. The smallest absolute Gasteiger partial charge is 0.272 e. The van der Waals surface area contributed by atoms with Crippen molar-refractivity contribution in [3.63, 3.8) is 0 Å². The molecule has 0 bridgehead atoms. The van der Waals surface area contributed by atoms with E-state index in [1.807, 2.05) is 0 Å². The van der Waals surface area contributed by atoms with Gasteiger partial charge in [0.2, 0.25) is 0 Å². The molecule has 1 fully saturated rings. The third kappa shape index (κ3) is 4.28. The van der Waals surface area contributed by atoms with Crippen molar-refractivity contribution in [2.24, 2.45) is 13.0 Å². The van der Waals surface area contributed by atoms with Gasteiger partial charge in [-0.25, -0.2) is 4.98 Å². The van der Waals surface area contributed by atoms with Crippen molar-refractivity contribution in [3.05, 3.63) is 75.2 Å². The summed E-state index contributed by atoms with van der Waals surface area (Å²) in [7, 11) is 1.72. The van der Waals surface area contributed by atoms with Gasteiger partial charge in [-0.1, -0.05) is 29.8 Å². The first-order valence-electron chi connectivity index (χ1n) is 10.4. The van der Waals surface area contributed by atoms with Crippen LogP contribution in [0.3, 0.4) is 0 Å². The van der Waals surface area contributed by atoms with Gasteiger partial charge in [0.25, 0.3) is 11.5 Å². The fraction of sp³-hybridized carbons (Fsp3) is 0.375. The predicted molar refractivity (Wildman–Crippen MR) is 119 cm³/mol. The molecule has 1 N–H and O–H groups in total. The van der Waals surface area contributed by atoms with E-state index in [0.29, 0.717) is 29.2 Å². The van der Waals surface area contributed by atoms with E-state index in [1.54, 1.807) is 36.7 Å². The lowest BCUT2D eigenvalue weighted by Crippen LogP contribution is -2.31. The molecule has 0 radical (unpaired) electrons. The molecule has 4 rings (SSSR count). The van der Waals surface area contributed by atoms with E-state index >= 15 is 0 Å². The van der Waals surface area contributed by atoms with E-state index in [4.69, 9.17) is 0 Å². The van der Waals surface area contributed by atoms with E-state index in [9.17, 15) is 9.59 Å². The Morgan fingerprint density at radius 1 is 1.17 bits per heavy atom. The molecule has 1 amide bonds. The van der Waals surface area contributed by atoms with Crippen molar-refractivity contribution in [3.8, 4) is 0 Å². The second kappa shape index (κ2) is 8.40. The number of nitrogens with zero attached hydrogens (tertiary/aromatic N) is 3. The third-order valence-corrected chi connectivity index (χ3v) is 5.95. The molecule has 1 aliphatic rings. The second-order valence-corrected chi connectivity index (χ2v) is 8.35. The standard InChI is InChI=1S/C24H28N4O2/c1-16-4-6-18(7-5-16)14-28-11-10-19(15-28)13-25-23(29)20-8-9-22-21(12-20)26-17(2)24(30)27(22)3/h4-9,12,19H,10-11,13-15H2,1-3H3,(H,25,29). The summed E-state index contributed by atoms with van der Waals surface area (Å²) in [5, 5.41) is 3.08. The van der Waals surface area contributed by atoms with Crippen LogP contribution < -0.4 is 10.9 Å². The normalized spacial score (nSPS) is 16.8. The van der Waals surface area contributed by atoms with Gasteiger partial charge >= 0.3 is 0 Å². The van der Waals surface area contributed by atoms with Gasteiger partial charge in [0.15, 0.2) is 0 Å². The molecule has 0 saturated carbocycles. The quantitative estimate of drug-likeness (QED) is 0.710. The van der Waals surface area contributed by atoms with Crippen molar-refractivity contribution in [2.75, 3.05) is 19.6 Å². The topological polar surface area (TPSA) is 67.2 Å². The molecule has 156 valence electrons. The van der Waals surface area contributed by atoms with Crippen LogP contribution in [-0.4, -0.2) is 40.0 Å². The van der Waals surface area contributed by atoms with Gasteiger partial charge in [-0.3, -0.25) is 14.5 Å². The Bertz CT molecular complexity index is 1130. The molecule has 2 heterocycles. The maximum Gasteiger partial charge on any atom is 0.272 e. The number of hydrogen-bond acceptors (Lipinski definition) is 4. The minimum atomic E-state index is -0.115. The van der Waals surface area contributed by atoms with Crippen molar-refractivity contribution >= 4 is 16.9 Å². The molecule has 1 unspecified atom stereocenters. The predicted octanol–water partition coefficient (Wildman–Crippen LogP) is 2.80. The molecule has 6 heteroatoms. The van der Waals surface area contributed by atoms with Gasteiger partial charge in [0.05, 0.1) is 11.0 Å². The van der Waals surface area contributed by atoms with Crippen molar-refractivity contribution in [1.29, 1.82) is 0 Å². The molecule has 0 spiro atoms. The van der Waals surface area contributed by atoms with E-state index in [-0.39, 0.29) is 11.5 Å². The van der Waals surface area contributed by atoms with Gasteiger partial charge in [-0.05, 0) is 56.5 Å². The molecule has 3 aromatic rings. The first-order chi connectivity index (χ1) is 14.4. The number of amides is 1. The van der Waals surface area contributed by atoms with Crippen LogP contribution in [-0.2, 0) is 13.6 Å². The summed E-state index contributed by atoms with van der Waals surface area (Å²) in [4.78, 5) is 31.5. The molecule has 1 saturated heterocycles. The van der Waals surface area contributed by atoms with E-state index in [1.165, 1.54) is 11.1 Å². The molecule has 1 aliphatic heterocycles. The van der Waals surface area contributed by atoms with E-state index in [2.05, 4.69) is 46.4 Å². The van der Waals surface area contributed by atoms with E-state index < -0.39 is 0 Å². The highest BCUT2D eigenvalue weighted by Gasteiger charge is 2.23. The first kappa shape index (κ1) is 20.3. The summed E-state index contributed by atoms with van der Waals surface area (Å²) in [6.07, 6.45) is 1.09. The maximum atomic E-state index is 12.7. The van der Waals surface area contributed by atoms with Crippen molar-refractivity contribution < 1.29 is 4.79 Å². The van der Waals surface area contributed by atoms with Gasteiger partial charge in [0.1, 0.15) is 5.69 Å². The van der Waals surface area contributed by atoms with Gasteiger partial charge in [0, 0.05) is 32.2 Å². The van der Waals surface area contributed by atoms with Crippen molar-refractivity contribution in [1.82, 2.24) is 19.8 Å². The lowest BCUT2D eigenvalue weighted by Gasteiger charge is -2.16. The monoisotopic (exact) mass is 404 g/mol. The number of aryl methyl sites for hydroxylation is 3. The molecule has 6 nitrogen and oxygen atoms in total. The lowest BCUT2D eigenvalue weighted by atomic mass is 10.1. The number of aromatic nitrogens is 2. The van der Waals surface area contributed by atoms with Crippen LogP contribution in [0.25, 0.3) is 11.0 Å².